The third kappa shape index (κ3) is 4.49. The van der Waals surface area contributed by atoms with E-state index in [4.69, 9.17) is 4.74 Å². The molecule has 1 rings (SSSR count). The molecule has 0 saturated heterocycles. The summed E-state index contributed by atoms with van der Waals surface area (Å²) in [6.45, 7) is 9.21. The van der Waals surface area contributed by atoms with E-state index in [1.54, 1.807) is 20.1 Å². The molecule has 0 aliphatic carbocycles. The van der Waals surface area contributed by atoms with Gasteiger partial charge in [-0.25, -0.2) is 9.78 Å². The maximum absolute atomic E-state index is 11.4. The average molecular weight is 280 g/mol. The predicted octanol–water partition coefficient (Wildman–Crippen LogP) is 2.87. The molecule has 0 aliphatic heterocycles. The molecule has 0 saturated carbocycles. The summed E-state index contributed by atoms with van der Waals surface area (Å²) in [5.41, 5.74) is 1.79. The van der Waals surface area contributed by atoms with Crippen molar-refractivity contribution in [2.45, 2.75) is 34.1 Å². The van der Waals surface area contributed by atoms with Crippen LogP contribution in [0, 0.1) is 19.3 Å². The highest BCUT2D eigenvalue weighted by molar-refractivity contribution is 5.94. The van der Waals surface area contributed by atoms with Gasteiger partial charge in [0, 0.05) is 26.0 Å². The van der Waals surface area contributed by atoms with Crippen LogP contribution in [0.1, 0.15) is 41.9 Å². The number of carboxylic acid groups (broad SMARTS) is 1. The van der Waals surface area contributed by atoms with E-state index in [2.05, 4.69) is 24.1 Å². The van der Waals surface area contributed by atoms with Gasteiger partial charge in [-0.15, -0.1) is 0 Å². The van der Waals surface area contributed by atoms with Crippen LogP contribution < -0.4 is 5.32 Å². The van der Waals surface area contributed by atoms with Gasteiger partial charge in [0.1, 0.15) is 11.4 Å². The molecular weight excluding hydrogens is 256 g/mol. The lowest BCUT2D eigenvalue weighted by Crippen LogP contribution is -2.26. The van der Waals surface area contributed by atoms with E-state index >= 15 is 0 Å². The number of anilines is 1. The number of hydrogen-bond acceptors (Lipinski definition) is 4. The maximum Gasteiger partial charge on any atom is 0.339 e. The molecule has 2 N–H and O–H groups in total. The molecule has 0 radical (unpaired) electrons. The van der Waals surface area contributed by atoms with Crippen LogP contribution in [0.4, 0.5) is 5.82 Å². The Hall–Kier alpha value is -1.62. The lowest BCUT2D eigenvalue weighted by atomic mass is 9.89. The zero-order chi connectivity index (χ0) is 15.3. The normalized spacial score (nSPS) is 11.4. The predicted molar refractivity (Wildman–Crippen MR) is 79.4 cm³/mol. The summed E-state index contributed by atoms with van der Waals surface area (Å²) in [4.78, 5) is 15.7. The molecule has 0 aromatic carbocycles. The van der Waals surface area contributed by atoms with Gasteiger partial charge in [-0.1, -0.05) is 13.8 Å². The van der Waals surface area contributed by atoms with Gasteiger partial charge in [0.05, 0.1) is 0 Å². The number of aromatic carboxylic acids is 1. The Morgan fingerprint density at radius 3 is 2.65 bits per heavy atom. The number of aromatic nitrogens is 1. The molecule has 112 valence electrons. The molecule has 5 nitrogen and oxygen atoms in total. The molecule has 5 heteroatoms. The van der Waals surface area contributed by atoms with Crippen LogP contribution in [0.5, 0.6) is 0 Å². The van der Waals surface area contributed by atoms with Crippen molar-refractivity contribution in [1.82, 2.24) is 4.98 Å². The molecule has 20 heavy (non-hydrogen) atoms. The number of pyridine rings is 1. The first-order valence-corrected chi connectivity index (χ1v) is 6.71. The SMILES string of the molecule is COCCC(C)(C)CNc1nc(C)cc(C)c1C(=O)O. The third-order valence-corrected chi connectivity index (χ3v) is 3.28. The van der Waals surface area contributed by atoms with Gasteiger partial charge in [-0.2, -0.15) is 0 Å². The van der Waals surface area contributed by atoms with E-state index in [9.17, 15) is 9.90 Å². The number of aryl methyl sites for hydroxylation is 2. The van der Waals surface area contributed by atoms with Crippen molar-refractivity contribution < 1.29 is 14.6 Å². The van der Waals surface area contributed by atoms with Crippen LogP contribution >= 0.6 is 0 Å². The van der Waals surface area contributed by atoms with Crippen LogP contribution in [-0.4, -0.2) is 36.3 Å². The summed E-state index contributed by atoms with van der Waals surface area (Å²) in [5.74, 6) is -0.507. The average Bonchev–Trinajstić information content (AvgIpc) is 2.32. The molecule has 0 unspecified atom stereocenters. The Balaban J connectivity index is 2.89. The van der Waals surface area contributed by atoms with Gasteiger partial charge in [0.25, 0.3) is 0 Å². The Morgan fingerprint density at radius 2 is 2.10 bits per heavy atom. The van der Waals surface area contributed by atoms with Crippen LogP contribution in [0.3, 0.4) is 0 Å². The highest BCUT2D eigenvalue weighted by atomic mass is 16.5. The van der Waals surface area contributed by atoms with Gasteiger partial charge < -0.3 is 15.2 Å². The molecule has 0 spiro atoms. The number of methoxy groups -OCH3 is 1. The van der Waals surface area contributed by atoms with Gasteiger partial charge in [0.15, 0.2) is 0 Å². The molecule has 1 heterocycles. The number of ether oxygens (including phenoxy) is 1. The van der Waals surface area contributed by atoms with Gasteiger partial charge in [0.2, 0.25) is 0 Å². The number of hydrogen-bond donors (Lipinski definition) is 2. The first kappa shape index (κ1) is 16.4. The largest absolute Gasteiger partial charge is 0.478 e. The summed E-state index contributed by atoms with van der Waals surface area (Å²) in [6.07, 6.45) is 0.893. The first-order valence-electron chi connectivity index (χ1n) is 6.71. The number of nitrogens with zero attached hydrogens (tertiary/aromatic N) is 1. The first-order chi connectivity index (χ1) is 9.26. The third-order valence-electron chi connectivity index (χ3n) is 3.28. The second kappa shape index (κ2) is 6.70. The molecule has 0 amide bonds. The fraction of sp³-hybridized carbons (Fsp3) is 0.600. The summed E-state index contributed by atoms with van der Waals surface area (Å²) in [6, 6.07) is 1.78. The highest BCUT2D eigenvalue weighted by Crippen LogP contribution is 2.24. The van der Waals surface area contributed by atoms with Crippen LogP contribution in [0.2, 0.25) is 0 Å². The Labute approximate surface area is 120 Å². The van der Waals surface area contributed by atoms with Crippen LogP contribution in [0.15, 0.2) is 6.07 Å². The fourth-order valence-electron chi connectivity index (χ4n) is 2.02. The fourth-order valence-corrected chi connectivity index (χ4v) is 2.02. The van der Waals surface area contributed by atoms with Gasteiger partial charge in [-0.05, 0) is 37.3 Å². The molecule has 1 aromatic heterocycles. The second-order valence-electron chi connectivity index (χ2n) is 5.87. The van der Waals surface area contributed by atoms with E-state index < -0.39 is 5.97 Å². The minimum Gasteiger partial charge on any atom is -0.478 e. The second-order valence-corrected chi connectivity index (χ2v) is 5.87. The molecule has 0 fully saturated rings. The summed E-state index contributed by atoms with van der Waals surface area (Å²) in [5, 5.41) is 12.5. The minimum atomic E-state index is -0.952. The zero-order valence-electron chi connectivity index (χ0n) is 12.9. The Bertz CT molecular complexity index is 484. The summed E-state index contributed by atoms with van der Waals surface area (Å²) < 4.78 is 5.09. The number of carbonyl (C=O) groups is 1. The van der Waals surface area contributed by atoms with E-state index in [0.717, 1.165) is 17.7 Å². The van der Waals surface area contributed by atoms with Crippen molar-refractivity contribution in [3.8, 4) is 0 Å². The van der Waals surface area contributed by atoms with Crippen LogP contribution in [0.25, 0.3) is 0 Å². The standard InChI is InChI=1S/C15H24N2O3/c1-10-8-11(2)17-13(12(10)14(18)19)16-9-15(3,4)6-7-20-5/h8H,6-7,9H2,1-5H3,(H,16,17)(H,18,19). The highest BCUT2D eigenvalue weighted by Gasteiger charge is 2.21. The zero-order valence-corrected chi connectivity index (χ0v) is 12.9. The quantitative estimate of drug-likeness (QED) is 0.803. The van der Waals surface area contributed by atoms with Crippen molar-refractivity contribution in [3.05, 3.63) is 22.9 Å². The van der Waals surface area contributed by atoms with Crippen molar-refractivity contribution in [3.63, 3.8) is 0 Å². The minimum absolute atomic E-state index is 0.00507. The molecular formula is C15H24N2O3. The summed E-state index contributed by atoms with van der Waals surface area (Å²) >= 11 is 0. The lowest BCUT2D eigenvalue weighted by Gasteiger charge is -2.25. The monoisotopic (exact) mass is 280 g/mol. The number of nitrogens with one attached hydrogen (secondary N) is 1. The van der Waals surface area contributed by atoms with E-state index in [1.807, 2.05) is 6.92 Å². The molecule has 0 atom stereocenters. The topological polar surface area (TPSA) is 71.5 Å². The van der Waals surface area contributed by atoms with Crippen molar-refractivity contribution in [1.29, 1.82) is 0 Å². The van der Waals surface area contributed by atoms with Crippen molar-refractivity contribution >= 4 is 11.8 Å². The summed E-state index contributed by atoms with van der Waals surface area (Å²) in [7, 11) is 1.68. The number of carboxylic acids is 1. The van der Waals surface area contributed by atoms with Gasteiger partial charge >= 0.3 is 5.97 Å². The van der Waals surface area contributed by atoms with E-state index in [0.29, 0.717) is 19.0 Å². The van der Waals surface area contributed by atoms with Crippen molar-refractivity contribution in [2.24, 2.45) is 5.41 Å². The Kier molecular flexibility index (Phi) is 5.51. The van der Waals surface area contributed by atoms with E-state index in [-0.39, 0.29) is 11.0 Å². The Morgan fingerprint density at radius 1 is 1.45 bits per heavy atom. The van der Waals surface area contributed by atoms with Crippen LogP contribution in [-0.2, 0) is 4.74 Å². The molecule has 0 bridgehead atoms. The number of rotatable bonds is 7. The smallest absolute Gasteiger partial charge is 0.339 e. The van der Waals surface area contributed by atoms with Crippen molar-refractivity contribution in [2.75, 3.05) is 25.6 Å². The van der Waals surface area contributed by atoms with E-state index in [1.165, 1.54) is 0 Å². The maximum atomic E-state index is 11.4. The molecule has 0 aliphatic rings. The lowest BCUT2D eigenvalue weighted by molar-refractivity contribution is 0.0696. The van der Waals surface area contributed by atoms with Gasteiger partial charge in [-0.3, -0.25) is 0 Å². The molecule has 1 aromatic rings.